The Morgan fingerprint density at radius 2 is 2.24 bits per heavy atom. The molecule has 21 heavy (non-hydrogen) atoms. The summed E-state index contributed by atoms with van der Waals surface area (Å²) in [5.74, 6) is 0.0114. The van der Waals surface area contributed by atoms with Gasteiger partial charge in [0.2, 0.25) is 0 Å². The number of pyridine rings is 1. The summed E-state index contributed by atoms with van der Waals surface area (Å²) < 4.78 is 1.84. The van der Waals surface area contributed by atoms with E-state index in [0.29, 0.717) is 12.2 Å². The summed E-state index contributed by atoms with van der Waals surface area (Å²) in [7, 11) is 0. The highest BCUT2D eigenvalue weighted by molar-refractivity contribution is 5.93. The Bertz CT molecular complexity index is 638. The summed E-state index contributed by atoms with van der Waals surface area (Å²) >= 11 is 0. The summed E-state index contributed by atoms with van der Waals surface area (Å²) in [4.78, 5) is 18.9. The maximum Gasteiger partial charge on any atom is 0.272 e. The third kappa shape index (κ3) is 2.79. The number of likely N-dealkylation sites (tertiary alicyclic amines) is 1. The molecule has 1 unspecified atom stereocenters. The summed E-state index contributed by atoms with van der Waals surface area (Å²) in [5, 5.41) is 7.90. The molecule has 0 aromatic carbocycles. The van der Waals surface area contributed by atoms with E-state index in [0.717, 1.165) is 30.5 Å². The number of rotatable bonds is 2. The van der Waals surface area contributed by atoms with Gasteiger partial charge in [0, 0.05) is 25.5 Å². The molecule has 1 aliphatic rings. The van der Waals surface area contributed by atoms with Gasteiger partial charge in [-0.25, -0.2) is 4.68 Å². The molecule has 6 heteroatoms. The van der Waals surface area contributed by atoms with Crippen LogP contribution in [-0.2, 0) is 0 Å². The first kappa shape index (κ1) is 13.7. The van der Waals surface area contributed by atoms with Gasteiger partial charge in [-0.15, -0.1) is 5.10 Å². The van der Waals surface area contributed by atoms with Crippen LogP contribution in [0.25, 0.3) is 0 Å². The molecule has 1 saturated heterocycles. The van der Waals surface area contributed by atoms with Crippen molar-refractivity contribution in [2.45, 2.75) is 32.7 Å². The van der Waals surface area contributed by atoms with Crippen LogP contribution in [-0.4, -0.2) is 43.9 Å². The van der Waals surface area contributed by atoms with Gasteiger partial charge in [0.05, 0.1) is 12.2 Å². The van der Waals surface area contributed by atoms with Crippen LogP contribution in [0.2, 0.25) is 0 Å². The number of carbonyl (C=O) groups is 1. The molecule has 0 bridgehead atoms. The molecule has 1 atom stereocenters. The first-order valence-electron chi connectivity index (χ1n) is 7.23. The van der Waals surface area contributed by atoms with Crippen LogP contribution in [0.5, 0.6) is 0 Å². The van der Waals surface area contributed by atoms with Crippen LogP contribution in [0.1, 0.15) is 40.5 Å². The molecule has 2 aromatic heterocycles. The topological polar surface area (TPSA) is 63.9 Å². The van der Waals surface area contributed by atoms with Crippen molar-refractivity contribution < 1.29 is 4.79 Å². The molecule has 0 spiro atoms. The van der Waals surface area contributed by atoms with E-state index in [2.05, 4.69) is 15.3 Å². The number of aromatic nitrogens is 4. The SMILES string of the molecule is Cc1cnc(C(=O)N2CCCC(n3ccnn3)C2)c(C)c1. The normalized spacial score (nSPS) is 18.8. The Kier molecular flexibility index (Phi) is 3.68. The minimum Gasteiger partial charge on any atom is -0.335 e. The van der Waals surface area contributed by atoms with Crippen molar-refractivity contribution in [2.75, 3.05) is 13.1 Å². The molecular weight excluding hydrogens is 266 g/mol. The fraction of sp³-hybridized carbons (Fsp3) is 0.467. The van der Waals surface area contributed by atoms with Crippen LogP contribution in [0.4, 0.5) is 0 Å². The summed E-state index contributed by atoms with van der Waals surface area (Å²) in [5.41, 5.74) is 2.56. The Labute approximate surface area is 123 Å². The molecule has 110 valence electrons. The Morgan fingerprint density at radius 1 is 1.38 bits per heavy atom. The van der Waals surface area contributed by atoms with E-state index in [1.165, 1.54) is 0 Å². The van der Waals surface area contributed by atoms with Crippen molar-refractivity contribution in [1.82, 2.24) is 24.9 Å². The molecule has 6 nitrogen and oxygen atoms in total. The van der Waals surface area contributed by atoms with E-state index in [-0.39, 0.29) is 11.9 Å². The molecule has 1 aliphatic heterocycles. The van der Waals surface area contributed by atoms with Crippen LogP contribution in [0.15, 0.2) is 24.7 Å². The number of hydrogen-bond donors (Lipinski definition) is 0. The molecule has 0 saturated carbocycles. The predicted molar refractivity (Wildman–Crippen MR) is 77.9 cm³/mol. The zero-order valence-electron chi connectivity index (χ0n) is 12.4. The lowest BCUT2D eigenvalue weighted by Gasteiger charge is -2.32. The van der Waals surface area contributed by atoms with Gasteiger partial charge >= 0.3 is 0 Å². The Hall–Kier alpha value is -2.24. The summed E-state index contributed by atoms with van der Waals surface area (Å²) in [6, 6.07) is 2.20. The molecule has 1 fully saturated rings. The maximum absolute atomic E-state index is 12.7. The van der Waals surface area contributed by atoms with Crippen LogP contribution >= 0.6 is 0 Å². The Balaban J connectivity index is 1.78. The number of aryl methyl sites for hydroxylation is 2. The second-order valence-corrected chi connectivity index (χ2v) is 5.61. The molecule has 0 N–H and O–H groups in total. The maximum atomic E-state index is 12.7. The third-order valence-electron chi connectivity index (χ3n) is 3.92. The fourth-order valence-electron chi connectivity index (χ4n) is 2.86. The van der Waals surface area contributed by atoms with E-state index >= 15 is 0 Å². The molecule has 1 amide bonds. The Morgan fingerprint density at radius 3 is 2.95 bits per heavy atom. The van der Waals surface area contributed by atoms with E-state index in [9.17, 15) is 4.79 Å². The number of carbonyl (C=O) groups excluding carboxylic acids is 1. The number of hydrogen-bond acceptors (Lipinski definition) is 4. The number of amides is 1. The molecular formula is C15H19N5O. The van der Waals surface area contributed by atoms with Crippen molar-refractivity contribution >= 4 is 5.91 Å². The highest BCUT2D eigenvalue weighted by atomic mass is 16.2. The largest absolute Gasteiger partial charge is 0.335 e. The lowest BCUT2D eigenvalue weighted by atomic mass is 10.0. The summed E-state index contributed by atoms with van der Waals surface area (Å²) in [6.07, 6.45) is 7.27. The predicted octanol–water partition coefficient (Wildman–Crippen LogP) is 1.77. The van der Waals surface area contributed by atoms with Crippen molar-refractivity contribution in [3.63, 3.8) is 0 Å². The monoisotopic (exact) mass is 285 g/mol. The van der Waals surface area contributed by atoms with E-state index < -0.39 is 0 Å². The highest BCUT2D eigenvalue weighted by Crippen LogP contribution is 2.22. The van der Waals surface area contributed by atoms with Gasteiger partial charge in [-0.3, -0.25) is 9.78 Å². The second kappa shape index (κ2) is 5.63. The molecule has 0 aliphatic carbocycles. The molecule has 0 radical (unpaired) electrons. The lowest BCUT2D eigenvalue weighted by Crippen LogP contribution is -2.41. The van der Waals surface area contributed by atoms with Crippen LogP contribution in [0, 0.1) is 13.8 Å². The van der Waals surface area contributed by atoms with Gasteiger partial charge in [0.15, 0.2) is 0 Å². The zero-order chi connectivity index (χ0) is 14.8. The van der Waals surface area contributed by atoms with Gasteiger partial charge < -0.3 is 4.90 Å². The van der Waals surface area contributed by atoms with Crippen molar-refractivity contribution in [3.05, 3.63) is 41.5 Å². The van der Waals surface area contributed by atoms with Crippen molar-refractivity contribution in [2.24, 2.45) is 0 Å². The average Bonchev–Trinajstić information content (AvgIpc) is 3.01. The second-order valence-electron chi connectivity index (χ2n) is 5.61. The smallest absolute Gasteiger partial charge is 0.272 e. The standard InChI is InChI=1S/C15H19N5O/c1-11-8-12(2)14(16-9-11)15(21)19-6-3-4-13(10-19)20-7-5-17-18-20/h5,7-9,13H,3-4,6,10H2,1-2H3. The highest BCUT2D eigenvalue weighted by Gasteiger charge is 2.27. The van der Waals surface area contributed by atoms with Crippen molar-refractivity contribution in [3.8, 4) is 0 Å². The first-order valence-corrected chi connectivity index (χ1v) is 7.23. The fourth-order valence-corrected chi connectivity index (χ4v) is 2.86. The molecule has 2 aromatic rings. The van der Waals surface area contributed by atoms with Gasteiger partial charge in [-0.1, -0.05) is 11.3 Å². The van der Waals surface area contributed by atoms with Crippen LogP contribution in [0.3, 0.4) is 0 Å². The molecule has 3 heterocycles. The zero-order valence-corrected chi connectivity index (χ0v) is 12.4. The van der Waals surface area contributed by atoms with Crippen molar-refractivity contribution in [1.29, 1.82) is 0 Å². The van der Waals surface area contributed by atoms with E-state index in [1.54, 1.807) is 12.4 Å². The minimum absolute atomic E-state index is 0.0114. The molecule has 3 rings (SSSR count). The van der Waals surface area contributed by atoms with E-state index in [4.69, 9.17) is 0 Å². The van der Waals surface area contributed by atoms with E-state index in [1.807, 2.05) is 35.7 Å². The summed E-state index contributed by atoms with van der Waals surface area (Å²) in [6.45, 7) is 5.36. The quantitative estimate of drug-likeness (QED) is 0.843. The first-order chi connectivity index (χ1) is 10.1. The van der Waals surface area contributed by atoms with Gasteiger partial charge in [0.1, 0.15) is 5.69 Å². The number of piperidine rings is 1. The van der Waals surface area contributed by atoms with Gasteiger partial charge in [-0.05, 0) is 37.8 Å². The van der Waals surface area contributed by atoms with Gasteiger partial charge in [0.25, 0.3) is 5.91 Å². The van der Waals surface area contributed by atoms with Gasteiger partial charge in [-0.2, -0.15) is 0 Å². The third-order valence-corrected chi connectivity index (χ3v) is 3.92. The van der Waals surface area contributed by atoms with Crippen LogP contribution < -0.4 is 0 Å². The number of nitrogens with zero attached hydrogens (tertiary/aromatic N) is 5. The lowest BCUT2D eigenvalue weighted by molar-refractivity contribution is 0.0665. The average molecular weight is 285 g/mol. The minimum atomic E-state index is 0.0114.